The molecule has 1 heterocycles. The summed E-state index contributed by atoms with van der Waals surface area (Å²) in [5.41, 5.74) is 0.467. The third-order valence-electron chi connectivity index (χ3n) is 3.78. The molecular formula is C15H23BrN2O. The topological polar surface area (TPSA) is 35.0 Å². The summed E-state index contributed by atoms with van der Waals surface area (Å²) in [6.45, 7) is 8.85. The molecule has 0 aliphatic heterocycles. The summed E-state index contributed by atoms with van der Waals surface area (Å²) >= 11 is 3.43. The molecule has 0 saturated heterocycles. The van der Waals surface area contributed by atoms with Crippen molar-refractivity contribution in [1.82, 2.24) is 9.97 Å². The Labute approximate surface area is 124 Å². The van der Waals surface area contributed by atoms with E-state index in [9.17, 15) is 0 Å². The molecule has 0 bridgehead atoms. The van der Waals surface area contributed by atoms with E-state index in [4.69, 9.17) is 4.74 Å². The zero-order chi connectivity index (χ0) is 14.0. The van der Waals surface area contributed by atoms with Gasteiger partial charge >= 0.3 is 0 Å². The molecule has 106 valence electrons. The van der Waals surface area contributed by atoms with Crippen molar-refractivity contribution in [1.29, 1.82) is 0 Å². The van der Waals surface area contributed by atoms with Crippen LogP contribution < -0.4 is 4.74 Å². The van der Waals surface area contributed by atoms with Gasteiger partial charge in [0.1, 0.15) is 16.5 Å². The van der Waals surface area contributed by atoms with Gasteiger partial charge in [-0.3, -0.25) is 0 Å². The summed E-state index contributed by atoms with van der Waals surface area (Å²) < 4.78 is 6.84. The standard InChI is InChI=1S/C15H23BrN2O/c1-10(2)14-17-12(16)9-13(18-14)19-11-5-7-15(3,4)8-6-11/h9-11H,5-8H2,1-4H3. The van der Waals surface area contributed by atoms with Crippen LogP contribution in [-0.4, -0.2) is 16.1 Å². The van der Waals surface area contributed by atoms with E-state index in [1.165, 1.54) is 12.8 Å². The van der Waals surface area contributed by atoms with Crippen LogP contribution in [0.4, 0.5) is 0 Å². The minimum Gasteiger partial charge on any atom is -0.474 e. The molecule has 1 aromatic heterocycles. The molecule has 1 aliphatic rings. The van der Waals surface area contributed by atoms with Crippen molar-refractivity contribution in [3.8, 4) is 5.88 Å². The van der Waals surface area contributed by atoms with Crippen LogP contribution >= 0.6 is 15.9 Å². The highest BCUT2D eigenvalue weighted by Gasteiger charge is 2.28. The summed E-state index contributed by atoms with van der Waals surface area (Å²) in [6, 6.07) is 1.87. The molecule has 19 heavy (non-hydrogen) atoms. The number of aromatic nitrogens is 2. The van der Waals surface area contributed by atoms with Crippen molar-refractivity contribution in [3.05, 3.63) is 16.5 Å². The molecule has 1 aliphatic carbocycles. The summed E-state index contributed by atoms with van der Waals surface area (Å²) in [5.74, 6) is 1.85. The van der Waals surface area contributed by atoms with Gasteiger partial charge in [0.15, 0.2) is 0 Å². The van der Waals surface area contributed by atoms with Crippen molar-refractivity contribution < 1.29 is 4.74 Å². The Hall–Kier alpha value is -0.640. The highest BCUT2D eigenvalue weighted by Crippen LogP contribution is 2.36. The van der Waals surface area contributed by atoms with Crippen molar-refractivity contribution in [2.45, 2.75) is 65.4 Å². The lowest BCUT2D eigenvalue weighted by Gasteiger charge is -2.34. The Morgan fingerprint density at radius 2 is 1.89 bits per heavy atom. The molecule has 0 spiro atoms. The second-order valence-electron chi connectivity index (χ2n) is 6.52. The van der Waals surface area contributed by atoms with Gasteiger partial charge in [-0.2, -0.15) is 4.98 Å². The summed E-state index contributed by atoms with van der Waals surface area (Å²) in [5, 5.41) is 0. The largest absolute Gasteiger partial charge is 0.474 e. The van der Waals surface area contributed by atoms with Crippen LogP contribution in [0.5, 0.6) is 5.88 Å². The second-order valence-corrected chi connectivity index (χ2v) is 7.34. The molecule has 0 radical (unpaired) electrons. The van der Waals surface area contributed by atoms with Crippen molar-refractivity contribution in [3.63, 3.8) is 0 Å². The number of ether oxygens (including phenoxy) is 1. The van der Waals surface area contributed by atoms with Gasteiger partial charge in [0.05, 0.1) is 0 Å². The molecule has 2 rings (SSSR count). The number of hydrogen-bond donors (Lipinski definition) is 0. The molecule has 0 N–H and O–H groups in total. The summed E-state index contributed by atoms with van der Waals surface area (Å²) in [6.07, 6.45) is 4.98. The molecule has 0 atom stereocenters. The van der Waals surface area contributed by atoms with E-state index in [0.717, 1.165) is 23.3 Å². The number of rotatable bonds is 3. The zero-order valence-electron chi connectivity index (χ0n) is 12.2. The summed E-state index contributed by atoms with van der Waals surface area (Å²) in [4.78, 5) is 8.88. The maximum Gasteiger partial charge on any atom is 0.218 e. The Bertz CT molecular complexity index is 436. The quantitative estimate of drug-likeness (QED) is 0.754. The van der Waals surface area contributed by atoms with Gasteiger partial charge in [-0.25, -0.2) is 4.98 Å². The predicted molar refractivity (Wildman–Crippen MR) is 80.5 cm³/mol. The van der Waals surface area contributed by atoms with E-state index in [1.54, 1.807) is 0 Å². The normalized spacial score (nSPS) is 19.7. The van der Waals surface area contributed by atoms with E-state index in [-0.39, 0.29) is 0 Å². The van der Waals surface area contributed by atoms with Gasteiger partial charge in [-0.15, -0.1) is 0 Å². The maximum atomic E-state index is 6.04. The Kier molecular flexibility index (Phi) is 4.49. The first kappa shape index (κ1) is 14.8. The lowest BCUT2D eigenvalue weighted by molar-refractivity contribution is 0.0944. The van der Waals surface area contributed by atoms with Crippen LogP contribution in [0.25, 0.3) is 0 Å². The average Bonchev–Trinajstić information content (AvgIpc) is 2.31. The fourth-order valence-electron chi connectivity index (χ4n) is 2.39. The molecule has 0 aromatic carbocycles. The zero-order valence-corrected chi connectivity index (χ0v) is 13.8. The van der Waals surface area contributed by atoms with E-state index < -0.39 is 0 Å². The van der Waals surface area contributed by atoms with E-state index in [0.29, 0.717) is 23.3 Å². The molecule has 4 heteroatoms. The third kappa shape index (κ3) is 4.16. The van der Waals surface area contributed by atoms with Crippen LogP contribution in [0.15, 0.2) is 10.7 Å². The van der Waals surface area contributed by atoms with Gasteiger partial charge in [0, 0.05) is 12.0 Å². The van der Waals surface area contributed by atoms with Crippen LogP contribution in [0, 0.1) is 5.41 Å². The Balaban J connectivity index is 2.03. The number of halogens is 1. The molecule has 0 amide bonds. The molecule has 3 nitrogen and oxygen atoms in total. The predicted octanol–water partition coefficient (Wildman–Crippen LogP) is 4.71. The van der Waals surface area contributed by atoms with Crippen LogP contribution in [0.3, 0.4) is 0 Å². The Morgan fingerprint density at radius 3 is 2.47 bits per heavy atom. The van der Waals surface area contributed by atoms with Crippen LogP contribution in [-0.2, 0) is 0 Å². The molecule has 1 saturated carbocycles. The SMILES string of the molecule is CC(C)c1nc(Br)cc(OC2CCC(C)(C)CC2)n1. The third-order valence-corrected chi connectivity index (χ3v) is 4.18. The molecule has 0 unspecified atom stereocenters. The number of nitrogens with zero attached hydrogens (tertiary/aromatic N) is 2. The van der Waals surface area contributed by atoms with Gasteiger partial charge < -0.3 is 4.74 Å². The highest BCUT2D eigenvalue weighted by molar-refractivity contribution is 9.10. The van der Waals surface area contributed by atoms with Crippen LogP contribution in [0.2, 0.25) is 0 Å². The average molecular weight is 327 g/mol. The van der Waals surface area contributed by atoms with E-state index in [2.05, 4.69) is 53.6 Å². The van der Waals surface area contributed by atoms with Crippen LogP contribution in [0.1, 0.15) is 65.1 Å². The van der Waals surface area contributed by atoms with E-state index in [1.807, 2.05) is 6.07 Å². The first-order valence-corrected chi connectivity index (χ1v) is 7.86. The first-order valence-electron chi connectivity index (χ1n) is 7.07. The van der Waals surface area contributed by atoms with Gasteiger partial charge in [-0.05, 0) is 47.0 Å². The lowest BCUT2D eigenvalue weighted by atomic mass is 9.76. The van der Waals surface area contributed by atoms with Crippen molar-refractivity contribution in [2.75, 3.05) is 0 Å². The smallest absolute Gasteiger partial charge is 0.218 e. The first-order chi connectivity index (χ1) is 8.85. The number of hydrogen-bond acceptors (Lipinski definition) is 3. The van der Waals surface area contributed by atoms with Crippen molar-refractivity contribution in [2.24, 2.45) is 5.41 Å². The summed E-state index contributed by atoms with van der Waals surface area (Å²) in [7, 11) is 0. The lowest BCUT2D eigenvalue weighted by Crippen LogP contribution is -2.28. The second kappa shape index (κ2) is 5.78. The fraction of sp³-hybridized carbons (Fsp3) is 0.733. The Morgan fingerprint density at radius 1 is 1.26 bits per heavy atom. The molecule has 1 fully saturated rings. The minimum atomic E-state index is 0.301. The minimum absolute atomic E-state index is 0.301. The molecular weight excluding hydrogens is 304 g/mol. The monoisotopic (exact) mass is 326 g/mol. The van der Waals surface area contributed by atoms with Gasteiger partial charge in [0.25, 0.3) is 0 Å². The van der Waals surface area contributed by atoms with E-state index >= 15 is 0 Å². The maximum absolute atomic E-state index is 6.04. The van der Waals surface area contributed by atoms with Gasteiger partial charge in [0.2, 0.25) is 5.88 Å². The fourth-order valence-corrected chi connectivity index (χ4v) is 2.77. The highest BCUT2D eigenvalue weighted by atomic mass is 79.9. The van der Waals surface area contributed by atoms with Crippen molar-refractivity contribution >= 4 is 15.9 Å². The van der Waals surface area contributed by atoms with Gasteiger partial charge in [-0.1, -0.05) is 27.7 Å². The molecule has 1 aromatic rings.